The second kappa shape index (κ2) is 8.62. The Kier molecular flexibility index (Phi) is 6.87. The first-order valence-electron chi connectivity index (χ1n) is 6.14. The van der Waals surface area contributed by atoms with Gasteiger partial charge in [0.1, 0.15) is 0 Å². The molecule has 1 aromatic heterocycles. The van der Waals surface area contributed by atoms with Crippen LogP contribution in [0, 0.1) is 0 Å². The van der Waals surface area contributed by atoms with Crippen molar-refractivity contribution in [1.29, 1.82) is 0 Å². The van der Waals surface area contributed by atoms with Gasteiger partial charge in [-0.25, -0.2) is 0 Å². The molecule has 0 aliphatic heterocycles. The van der Waals surface area contributed by atoms with Crippen LogP contribution in [0.3, 0.4) is 0 Å². The van der Waals surface area contributed by atoms with Gasteiger partial charge in [0.25, 0.3) is 0 Å². The van der Waals surface area contributed by atoms with Crippen molar-refractivity contribution in [3.63, 3.8) is 0 Å². The van der Waals surface area contributed by atoms with Crippen molar-refractivity contribution < 1.29 is 13.9 Å². The van der Waals surface area contributed by atoms with E-state index >= 15 is 0 Å². The maximum absolute atomic E-state index is 11.0. The van der Waals surface area contributed by atoms with E-state index in [1.54, 1.807) is 12.5 Å². The Balaban J connectivity index is 1.97. The van der Waals surface area contributed by atoms with E-state index in [4.69, 9.17) is 9.15 Å². The Morgan fingerprint density at radius 1 is 1.41 bits per heavy atom. The topological polar surface area (TPSA) is 39.4 Å². The predicted octanol–water partition coefficient (Wildman–Crippen LogP) is 3.50. The van der Waals surface area contributed by atoms with Crippen LogP contribution >= 0.6 is 0 Å². The minimum atomic E-state index is -0.115. The van der Waals surface area contributed by atoms with Gasteiger partial charge >= 0.3 is 5.97 Å². The number of esters is 1. The molecule has 0 bridgehead atoms. The van der Waals surface area contributed by atoms with Gasteiger partial charge in [-0.1, -0.05) is 12.2 Å². The number of allylic oxidation sites excluding steroid dienone is 2. The molecule has 0 amide bonds. The number of unbranched alkanes of at least 4 members (excludes halogenated alkanes) is 1. The minimum absolute atomic E-state index is 0.115. The molecule has 17 heavy (non-hydrogen) atoms. The third-order valence-electron chi connectivity index (χ3n) is 2.40. The molecule has 0 aromatic carbocycles. The fourth-order valence-corrected chi connectivity index (χ4v) is 1.53. The number of rotatable bonds is 8. The van der Waals surface area contributed by atoms with E-state index in [2.05, 4.69) is 6.08 Å². The summed E-state index contributed by atoms with van der Waals surface area (Å²) in [4.78, 5) is 11.0. The monoisotopic (exact) mass is 236 g/mol. The van der Waals surface area contributed by atoms with E-state index in [0.29, 0.717) is 13.0 Å². The molecule has 0 spiro atoms. The van der Waals surface area contributed by atoms with Gasteiger partial charge in [-0.3, -0.25) is 4.79 Å². The highest BCUT2D eigenvalue weighted by molar-refractivity contribution is 5.69. The summed E-state index contributed by atoms with van der Waals surface area (Å²) in [5.41, 5.74) is 1.24. The second-order valence-electron chi connectivity index (χ2n) is 3.84. The average Bonchev–Trinajstić information content (AvgIpc) is 2.81. The number of hydrogen-bond donors (Lipinski definition) is 0. The van der Waals surface area contributed by atoms with E-state index in [1.165, 1.54) is 5.56 Å². The van der Waals surface area contributed by atoms with Crippen molar-refractivity contribution in [3.05, 3.63) is 36.3 Å². The van der Waals surface area contributed by atoms with Crippen molar-refractivity contribution in [2.75, 3.05) is 6.61 Å². The molecule has 0 atom stereocenters. The summed E-state index contributed by atoms with van der Waals surface area (Å²) >= 11 is 0. The van der Waals surface area contributed by atoms with Gasteiger partial charge in [0, 0.05) is 6.42 Å². The van der Waals surface area contributed by atoms with Gasteiger partial charge < -0.3 is 9.15 Å². The molecule has 1 rings (SSSR count). The lowest BCUT2D eigenvalue weighted by atomic mass is 10.1. The molecular formula is C14H20O3. The summed E-state index contributed by atoms with van der Waals surface area (Å²) in [5.74, 6) is -0.115. The van der Waals surface area contributed by atoms with Gasteiger partial charge in [-0.15, -0.1) is 0 Å². The van der Waals surface area contributed by atoms with Gasteiger partial charge in [0.15, 0.2) is 0 Å². The third kappa shape index (κ3) is 6.61. The number of hydrogen-bond acceptors (Lipinski definition) is 3. The summed E-state index contributed by atoms with van der Waals surface area (Å²) < 4.78 is 9.83. The Morgan fingerprint density at radius 2 is 2.24 bits per heavy atom. The third-order valence-corrected chi connectivity index (χ3v) is 2.40. The summed E-state index contributed by atoms with van der Waals surface area (Å²) in [6.07, 6.45) is 12.1. The van der Waals surface area contributed by atoms with Crippen LogP contribution in [0.5, 0.6) is 0 Å². The maximum Gasteiger partial charge on any atom is 0.306 e. The molecule has 0 saturated carbocycles. The Hall–Kier alpha value is -1.51. The quantitative estimate of drug-likeness (QED) is 0.394. The van der Waals surface area contributed by atoms with Crippen molar-refractivity contribution in [3.8, 4) is 0 Å². The molecule has 1 aromatic rings. The summed E-state index contributed by atoms with van der Waals surface area (Å²) in [7, 11) is 0. The zero-order valence-electron chi connectivity index (χ0n) is 10.4. The number of aryl methyl sites for hydroxylation is 1. The SMILES string of the molecule is CCOC(=O)CC/C=C/CCCc1ccoc1. The largest absolute Gasteiger partial charge is 0.472 e. The molecule has 0 radical (unpaired) electrons. The molecule has 0 saturated heterocycles. The normalized spacial score (nSPS) is 10.9. The van der Waals surface area contributed by atoms with Crippen LogP contribution < -0.4 is 0 Å². The Bertz CT molecular complexity index is 325. The van der Waals surface area contributed by atoms with Crippen LogP contribution in [0.25, 0.3) is 0 Å². The lowest BCUT2D eigenvalue weighted by Crippen LogP contribution is -2.02. The number of ether oxygens (including phenoxy) is 1. The summed E-state index contributed by atoms with van der Waals surface area (Å²) in [6, 6.07) is 1.99. The van der Waals surface area contributed by atoms with E-state index in [9.17, 15) is 4.79 Å². The molecule has 94 valence electrons. The van der Waals surface area contributed by atoms with E-state index in [0.717, 1.165) is 25.7 Å². The molecule has 0 aliphatic rings. The van der Waals surface area contributed by atoms with Gasteiger partial charge in [-0.05, 0) is 44.2 Å². The molecule has 0 N–H and O–H groups in total. The van der Waals surface area contributed by atoms with Crippen LogP contribution in [0.2, 0.25) is 0 Å². The molecule has 3 heteroatoms. The lowest BCUT2D eigenvalue weighted by molar-refractivity contribution is -0.142. The van der Waals surface area contributed by atoms with Crippen molar-refractivity contribution in [1.82, 2.24) is 0 Å². The second-order valence-corrected chi connectivity index (χ2v) is 3.84. The van der Waals surface area contributed by atoms with Gasteiger partial charge in [0.05, 0.1) is 19.1 Å². The summed E-state index contributed by atoms with van der Waals surface area (Å²) in [5, 5.41) is 0. The lowest BCUT2D eigenvalue weighted by Gasteiger charge is -1.98. The molecular weight excluding hydrogens is 216 g/mol. The van der Waals surface area contributed by atoms with Crippen molar-refractivity contribution in [2.45, 2.75) is 39.0 Å². The number of carbonyl (C=O) groups excluding carboxylic acids is 1. The van der Waals surface area contributed by atoms with Gasteiger partial charge in [0.2, 0.25) is 0 Å². The molecule has 1 heterocycles. The fourth-order valence-electron chi connectivity index (χ4n) is 1.53. The smallest absolute Gasteiger partial charge is 0.306 e. The van der Waals surface area contributed by atoms with Crippen LogP contribution in [-0.2, 0) is 16.0 Å². The zero-order chi connectivity index (χ0) is 12.3. The number of carbonyl (C=O) groups is 1. The minimum Gasteiger partial charge on any atom is -0.472 e. The highest BCUT2D eigenvalue weighted by Crippen LogP contribution is 2.06. The summed E-state index contributed by atoms with van der Waals surface area (Å²) in [6.45, 7) is 2.29. The van der Waals surface area contributed by atoms with Crippen LogP contribution in [-0.4, -0.2) is 12.6 Å². The Morgan fingerprint density at radius 3 is 2.94 bits per heavy atom. The first-order chi connectivity index (χ1) is 8.33. The van der Waals surface area contributed by atoms with E-state index in [1.807, 2.05) is 19.1 Å². The molecule has 3 nitrogen and oxygen atoms in total. The van der Waals surface area contributed by atoms with Gasteiger partial charge in [-0.2, -0.15) is 0 Å². The first kappa shape index (κ1) is 13.6. The zero-order valence-corrected chi connectivity index (χ0v) is 10.4. The number of furan rings is 1. The maximum atomic E-state index is 11.0. The highest BCUT2D eigenvalue weighted by Gasteiger charge is 1.97. The first-order valence-corrected chi connectivity index (χ1v) is 6.14. The van der Waals surface area contributed by atoms with Crippen molar-refractivity contribution in [2.24, 2.45) is 0 Å². The average molecular weight is 236 g/mol. The van der Waals surface area contributed by atoms with Crippen LogP contribution in [0.1, 0.15) is 38.2 Å². The Labute approximate surface area is 102 Å². The standard InChI is InChI=1S/C14H20O3/c1-2-17-14(15)9-7-5-3-4-6-8-13-10-11-16-12-13/h3,5,10-12H,2,4,6-9H2,1H3/b5-3+. The molecule has 0 fully saturated rings. The van der Waals surface area contributed by atoms with E-state index in [-0.39, 0.29) is 5.97 Å². The molecule has 0 unspecified atom stereocenters. The predicted molar refractivity (Wildman–Crippen MR) is 66.7 cm³/mol. The fraction of sp³-hybridized carbons (Fsp3) is 0.500. The van der Waals surface area contributed by atoms with Crippen LogP contribution in [0.15, 0.2) is 35.2 Å². The highest BCUT2D eigenvalue weighted by atomic mass is 16.5. The van der Waals surface area contributed by atoms with E-state index < -0.39 is 0 Å². The molecule has 0 aliphatic carbocycles. The van der Waals surface area contributed by atoms with Crippen LogP contribution in [0.4, 0.5) is 0 Å². The van der Waals surface area contributed by atoms with Crippen molar-refractivity contribution >= 4 is 5.97 Å².